The highest BCUT2D eigenvalue weighted by Gasteiger charge is 2.15. The normalized spacial score (nSPS) is 11.5. The van der Waals surface area contributed by atoms with Crippen molar-refractivity contribution in [3.05, 3.63) is 118 Å². The van der Waals surface area contributed by atoms with Gasteiger partial charge in [-0.15, -0.1) is 11.3 Å². The molecule has 45 heavy (non-hydrogen) atoms. The van der Waals surface area contributed by atoms with Gasteiger partial charge in [0, 0.05) is 16.5 Å². The minimum absolute atomic E-state index is 0.0524. The number of anilines is 2. The van der Waals surface area contributed by atoms with Crippen LogP contribution in [0.3, 0.4) is 0 Å². The number of hydrogen-bond acceptors (Lipinski definition) is 10. The topological polar surface area (TPSA) is 116 Å². The maximum absolute atomic E-state index is 13.5. The van der Waals surface area contributed by atoms with Gasteiger partial charge in [-0.1, -0.05) is 41.9 Å². The second kappa shape index (κ2) is 13.7. The van der Waals surface area contributed by atoms with Crippen LogP contribution >= 0.6 is 22.9 Å². The Hall–Kier alpha value is -4.49. The number of sulfone groups is 1. The van der Waals surface area contributed by atoms with E-state index in [9.17, 15) is 12.8 Å². The molecule has 0 aliphatic carbocycles. The molecule has 0 aliphatic heterocycles. The molecule has 0 radical (unpaired) electrons. The van der Waals surface area contributed by atoms with Crippen LogP contribution in [0.1, 0.15) is 10.6 Å². The van der Waals surface area contributed by atoms with E-state index in [1.54, 1.807) is 66.9 Å². The lowest BCUT2D eigenvalue weighted by atomic mass is 10.2. The highest BCUT2D eigenvalue weighted by Crippen LogP contribution is 2.32. The highest BCUT2D eigenvalue weighted by atomic mass is 35.5. The lowest BCUT2D eigenvalue weighted by Gasteiger charge is -2.12. The van der Waals surface area contributed by atoms with Crippen molar-refractivity contribution in [3.8, 4) is 17.1 Å². The molecule has 0 amide bonds. The molecule has 3 aromatic heterocycles. The van der Waals surface area contributed by atoms with E-state index in [-0.39, 0.29) is 36.3 Å². The average molecular weight is 662 g/mol. The summed E-state index contributed by atoms with van der Waals surface area (Å²) in [6, 6.07) is 21.6. The van der Waals surface area contributed by atoms with Gasteiger partial charge in [0.2, 0.25) is 0 Å². The fourth-order valence-corrected chi connectivity index (χ4v) is 6.49. The summed E-state index contributed by atoms with van der Waals surface area (Å²) in [5, 5.41) is 6.95. The lowest BCUT2D eigenvalue weighted by molar-refractivity contribution is 0.135. The summed E-state index contributed by atoms with van der Waals surface area (Å²) in [5.41, 5.74) is 3.28. The minimum Gasteiger partial charge on any atom is -0.487 e. The quantitative estimate of drug-likeness (QED) is 0.135. The van der Waals surface area contributed by atoms with Crippen molar-refractivity contribution >= 4 is 55.2 Å². The van der Waals surface area contributed by atoms with E-state index in [0.717, 1.165) is 5.39 Å². The first kappa shape index (κ1) is 30.5. The van der Waals surface area contributed by atoms with Gasteiger partial charge < -0.3 is 14.8 Å². The van der Waals surface area contributed by atoms with Crippen molar-refractivity contribution in [1.29, 1.82) is 0 Å². The molecular formula is C32H25ClFN5O4S2. The van der Waals surface area contributed by atoms with Crippen molar-refractivity contribution in [1.82, 2.24) is 19.9 Å². The van der Waals surface area contributed by atoms with Gasteiger partial charge in [-0.05, 0) is 54.1 Å². The van der Waals surface area contributed by atoms with Crippen LogP contribution in [-0.4, -0.2) is 40.7 Å². The molecule has 0 aliphatic rings. The Morgan fingerprint density at radius 2 is 1.78 bits per heavy atom. The number of thiazole rings is 1. The molecule has 0 atom stereocenters. The van der Waals surface area contributed by atoms with Gasteiger partial charge in [-0.25, -0.2) is 27.8 Å². The summed E-state index contributed by atoms with van der Waals surface area (Å²) in [6.07, 6.45) is 3.10. The van der Waals surface area contributed by atoms with Gasteiger partial charge in [-0.3, -0.25) is 4.98 Å². The summed E-state index contributed by atoms with van der Waals surface area (Å²) >= 11 is 7.89. The van der Waals surface area contributed by atoms with Crippen molar-refractivity contribution in [2.45, 2.75) is 18.1 Å². The number of pyridine rings is 1. The molecule has 0 saturated heterocycles. The van der Waals surface area contributed by atoms with Gasteiger partial charge in [0.15, 0.2) is 9.84 Å². The largest absolute Gasteiger partial charge is 0.487 e. The SMILES string of the molecule is O=S(=O)(CCOCc1nc(-c2cc3c(Nc4ccc(OCc5cccc(F)c5)c(Cl)c4)ncnc3cn2)cs1)c1ccccc1. The van der Waals surface area contributed by atoms with Crippen LogP contribution in [-0.2, 0) is 27.8 Å². The molecule has 0 saturated carbocycles. The fourth-order valence-electron chi connectivity index (χ4n) is 4.39. The third kappa shape index (κ3) is 7.60. The van der Waals surface area contributed by atoms with Crippen molar-refractivity contribution in [2.75, 3.05) is 17.7 Å². The predicted molar refractivity (Wildman–Crippen MR) is 172 cm³/mol. The molecule has 6 rings (SSSR count). The van der Waals surface area contributed by atoms with Crippen LogP contribution in [0.5, 0.6) is 5.75 Å². The van der Waals surface area contributed by atoms with Crippen molar-refractivity contribution in [2.24, 2.45) is 0 Å². The lowest BCUT2D eigenvalue weighted by Crippen LogP contribution is -2.12. The van der Waals surface area contributed by atoms with Gasteiger partial charge in [0.05, 0.1) is 52.0 Å². The molecule has 0 unspecified atom stereocenters. The number of fused-ring (bicyclic) bond motifs is 1. The number of aromatic nitrogens is 4. The smallest absolute Gasteiger partial charge is 0.180 e. The van der Waals surface area contributed by atoms with Gasteiger partial charge >= 0.3 is 0 Å². The van der Waals surface area contributed by atoms with E-state index >= 15 is 0 Å². The third-order valence-corrected chi connectivity index (χ3v) is 9.45. The van der Waals surface area contributed by atoms with E-state index < -0.39 is 9.84 Å². The van der Waals surface area contributed by atoms with E-state index in [0.29, 0.717) is 49.8 Å². The highest BCUT2D eigenvalue weighted by molar-refractivity contribution is 7.91. The number of nitrogens with one attached hydrogen (secondary N) is 1. The molecule has 3 heterocycles. The van der Waals surface area contributed by atoms with Crippen LogP contribution < -0.4 is 10.1 Å². The fraction of sp³-hybridized carbons (Fsp3) is 0.125. The predicted octanol–water partition coefficient (Wildman–Crippen LogP) is 7.25. The molecule has 6 aromatic rings. The Morgan fingerprint density at radius 3 is 2.60 bits per heavy atom. The maximum Gasteiger partial charge on any atom is 0.180 e. The zero-order valence-electron chi connectivity index (χ0n) is 23.6. The zero-order chi connectivity index (χ0) is 31.2. The van der Waals surface area contributed by atoms with Crippen molar-refractivity contribution < 1.29 is 22.3 Å². The molecule has 0 spiro atoms. The summed E-state index contributed by atoms with van der Waals surface area (Å²) in [6.45, 7) is 0.412. The van der Waals surface area contributed by atoms with Crippen LogP contribution in [0.2, 0.25) is 5.02 Å². The second-order valence-electron chi connectivity index (χ2n) is 9.81. The molecule has 1 N–H and O–H groups in total. The zero-order valence-corrected chi connectivity index (χ0v) is 25.9. The van der Waals surface area contributed by atoms with E-state index in [1.165, 1.54) is 29.8 Å². The van der Waals surface area contributed by atoms with E-state index in [1.807, 2.05) is 11.4 Å². The Balaban J connectivity index is 1.11. The first-order valence-electron chi connectivity index (χ1n) is 13.7. The first-order chi connectivity index (χ1) is 21.8. The number of ether oxygens (including phenoxy) is 2. The number of benzene rings is 3. The average Bonchev–Trinajstić information content (AvgIpc) is 3.52. The molecule has 0 bridgehead atoms. The Labute approximate surface area is 267 Å². The van der Waals surface area contributed by atoms with Gasteiger partial charge in [0.25, 0.3) is 0 Å². The van der Waals surface area contributed by atoms with Gasteiger partial charge in [0.1, 0.15) is 35.3 Å². The van der Waals surface area contributed by atoms with E-state index in [2.05, 4.69) is 25.3 Å². The minimum atomic E-state index is -3.41. The number of nitrogens with zero attached hydrogens (tertiary/aromatic N) is 4. The molecule has 228 valence electrons. The first-order valence-corrected chi connectivity index (χ1v) is 16.6. The van der Waals surface area contributed by atoms with Crippen LogP contribution in [0.15, 0.2) is 102 Å². The molecule has 13 heteroatoms. The Kier molecular flexibility index (Phi) is 9.26. The molecule has 9 nitrogen and oxygen atoms in total. The monoisotopic (exact) mass is 661 g/mol. The molecule has 3 aromatic carbocycles. The maximum atomic E-state index is 13.5. The summed E-state index contributed by atoms with van der Waals surface area (Å²) in [4.78, 5) is 18.2. The summed E-state index contributed by atoms with van der Waals surface area (Å²) in [7, 11) is -3.41. The van der Waals surface area contributed by atoms with Crippen LogP contribution in [0.4, 0.5) is 15.9 Å². The van der Waals surface area contributed by atoms with E-state index in [4.69, 9.17) is 21.1 Å². The standard InChI is InChI=1S/C32H25ClFN5O4S2/c33-26-14-23(9-10-30(26)43-17-21-5-4-6-22(34)13-21)38-32-25-15-27(35-16-28(25)36-20-37-32)29-19-44-31(39-29)18-42-11-12-45(40,41)24-7-2-1-3-8-24/h1-10,13-16,19-20H,11-12,17-18H2,(H,36,37,38). The second-order valence-corrected chi connectivity index (χ2v) is 13.3. The Morgan fingerprint density at radius 1 is 0.911 bits per heavy atom. The molecular weight excluding hydrogens is 637 g/mol. The van der Waals surface area contributed by atoms with Crippen LogP contribution in [0.25, 0.3) is 22.3 Å². The molecule has 0 fully saturated rings. The van der Waals surface area contributed by atoms with Gasteiger partial charge in [-0.2, -0.15) is 0 Å². The number of hydrogen-bond donors (Lipinski definition) is 1. The van der Waals surface area contributed by atoms with Crippen LogP contribution in [0, 0.1) is 5.82 Å². The third-order valence-electron chi connectivity index (χ3n) is 6.64. The Bertz CT molecular complexity index is 2060. The summed E-state index contributed by atoms with van der Waals surface area (Å²) < 4.78 is 49.8. The summed E-state index contributed by atoms with van der Waals surface area (Å²) in [5.74, 6) is 0.567. The number of rotatable bonds is 12. The number of halogens is 2. The van der Waals surface area contributed by atoms with Crippen molar-refractivity contribution in [3.63, 3.8) is 0 Å².